The van der Waals surface area contributed by atoms with Gasteiger partial charge < -0.3 is 10.1 Å². The zero-order valence-electron chi connectivity index (χ0n) is 15.5. The molecule has 150 valence electrons. The molecule has 0 aromatic heterocycles. The number of nitrogens with one attached hydrogen (secondary N) is 1. The normalized spacial score (nSPS) is 10.9. The van der Waals surface area contributed by atoms with Crippen LogP contribution in [0, 0.1) is 11.3 Å². The topological polar surface area (TPSA) is 62.1 Å². The number of benzene rings is 3. The van der Waals surface area contributed by atoms with Crippen LogP contribution < -0.4 is 10.1 Å². The second-order valence-corrected chi connectivity index (χ2v) is 8.98. The predicted molar refractivity (Wildman–Crippen MR) is 129 cm³/mol. The summed E-state index contributed by atoms with van der Waals surface area (Å²) in [6.07, 6.45) is 1.52. The van der Waals surface area contributed by atoms with Crippen LogP contribution in [0.5, 0.6) is 5.75 Å². The molecule has 1 amide bonds. The van der Waals surface area contributed by atoms with Gasteiger partial charge in [-0.25, -0.2) is 0 Å². The van der Waals surface area contributed by atoms with E-state index in [0.29, 0.717) is 23.6 Å². The first-order chi connectivity index (χ1) is 14.4. The number of amides is 1. The molecule has 0 aliphatic heterocycles. The zero-order chi connectivity index (χ0) is 21.5. The van der Waals surface area contributed by atoms with Crippen LogP contribution in [0.2, 0.25) is 0 Å². The Hall–Kier alpha value is -2.40. The van der Waals surface area contributed by atoms with E-state index in [2.05, 4.69) is 53.1 Å². The fraction of sp³-hybridized carbons (Fsp3) is 0.0435. The molecule has 0 radical (unpaired) electrons. The number of carbonyl (C=O) groups excluding carboxylic acids is 1. The Kier molecular flexibility index (Phi) is 7.86. The number of nitrogens with zero attached hydrogens (tertiary/aromatic N) is 1. The van der Waals surface area contributed by atoms with Gasteiger partial charge >= 0.3 is 0 Å². The summed E-state index contributed by atoms with van der Waals surface area (Å²) in [6, 6.07) is 22.4. The first-order valence-electron chi connectivity index (χ1n) is 8.80. The first-order valence-corrected chi connectivity index (χ1v) is 11.2. The van der Waals surface area contributed by atoms with Gasteiger partial charge in [0.1, 0.15) is 24.0 Å². The van der Waals surface area contributed by atoms with Gasteiger partial charge in [-0.3, -0.25) is 4.79 Å². The van der Waals surface area contributed by atoms with Gasteiger partial charge in [0.15, 0.2) is 0 Å². The van der Waals surface area contributed by atoms with Gasteiger partial charge in [0, 0.05) is 24.7 Å². The molecule has 3 aromatic rings. The standard InChI is InChI=1S/C23H15Br3N2O2/c24-18-3-1-15(2-4-18)14-30-22-10-7-20(26)12-16(22)11-17(13-27)23(29)28-21-8-5-19(25)6-9-21/h1-12H,14H2,(H,28,29)/b17-11+. The van der Waals surface area contributed by atoms with E-state index in [1.165, 1.54) is 6.08 Å². The highest BCUT2D eigenvalue weighted by Crippen LogP contribution is 2.27. The van der Waals surface area contributed by atoms with Crippen molar-refractivity contribution >= 4 is 65.5 Å². The van der Waals surface area contributed by atoms with Crippen molar-refractivity contribution in [1.82, 2.24) is 0 Å². The fourth-order valence-electron chi connectivity index (χ4n) is 2.54. The lowest BCUT2D eigenvalue weighted by Crippen LogP contribution is -2.13. The highest BCUT2D eigenvalue weighted by atomic mass is 79.9. The third-order valence-corrected chi connectivity index (χ3v) is 5.60. The van der Waals surface area contributed by atoms with Crippen LogP contribution in [0.1, 0.15) is 11.1 Å². The van der Waals surface area contributed by atoms with Crippen molar-refractivity contribution in [2.75, 3.05) is 5.32 Å². The van der Waals surface area contributed by atoms with E-state index in [-0.39, 0.29) is 5.57 Å². The summed E-state index contributed by atoms with van der Waals surface area (Å²) in [4.78, 5) is 12.6. The molecule has 0 fully saturated rings. The number of rotatable bonds is 6. The number of nitriles is 1. The molecule has 0 spiro atoms. The molecule has 0 unspecified atom stereocenters. The number of hydrogen-bond acceptors (Lipinski definition) is 3. The van der Waals surface area contributed by atoms with Crippen molar-refractivity contribution < 1.29 is 9.53 Å². The summed E-state index contributed by atoms with van der Waals surface area (Å²) < 4.78 is 8.66. The van der Waals surface area contributed by atoms with Crippen LogP contribution >= 0.6 is 47.8 Å². The monoisotopic (exact) mass is 588 g/mol. The van der Waals surface area contributed by atoms with Crippen LogP contribution in [-0.4, -0.2) is 5.91 Å². The summed E-state index contributed by atoms with van der Waals surface area (Å²) in [5, 5.41) is 12.3. The average Bonchev–Trinajstić information content (AvgIpc) is 2.74. The van der Waals surface area contributed by atoms with Gasteiger partial charge in [-0.2, -0.15) is 5.26 Å². The minimum atomic E-state index is -0.487. The smallest absolute Gasteiger partial charge is 0.266 e. The van der Waals surface area contributed by atoms with Crippen molar-refractivity contribution in [2.45, 2.75) is 6.61 Å². The molecule has 0 bridgehead atoms. The van der Waals surface area contributed by atoms with E-state index in [1.54, 1.807) is 24.3 Å². The number of hydrogen-bond donors (Lipinski definition) is 1. The van der Waals surface area contributed by atoms with Crippen molar-refractivity contribution in [3.05, 3.63) is 96.8 Å². The molecule has 30 heavy (non-hydrogen) atoms. The Bertz CT molecular complexity index is 1120. The van der Waals surface area contributed by atoms with Gasteiger partial charge in [0.2, 0.25) is 0 Å². The van der Waals surface area contributed by atoms with Crippen molar-refractivity contribution in [1.29, 1.82) is 5.26 Å². The number of anilines is 1. The van der Waals surface area contributed by atoms with Gasteiger partial charge in [-0.05, 0) is 66.2 Å². The lowest BCUT2D eigenvalue weighted by molar-refractivity contribution is -0.112. The first kappa shape index (κ1) is 22.3. The molecule has 0 aliphatic rings. The van der Waals surface area contributed by atoms with Gasteiger partial charge in [-0.1, -0.05) is 59.9 Å². The molecular weight excluding hydrogens is 576 g/mol. The molecule has 3 aromatic carbocycles. The SMILES string of the molecule is N#C/C(=C\c1cc(Br)ccc1OCc1ccc(Br)cc1)C(=O)Nc1ccc(Br)cc1. The number of ether oxygens (including phenoxy) is 1. The van der Waals surface area contributed by atoms with E-state index >= 15 is 0 Å². The van der Waals surface area contributed by atoms with Gasteiger partial charge in [-0.15, -0.1) is 0 Å². The number of carbonyl (C=O) groups is 1. The van der Waals surface area contributed by atoms with Crippen LogP contribution in [0.3, 0.4) is 0 Å². The lowest BCUT2D eigenvalue weighted by Gasteiger charge is -2.11. The van der Waals surface area contributed by atoms with E-state index in [0.717, 1.165) is 19.0 Å². The number of halogens is 3. The predicted octanol–water partition coefficient (Wildman–Crippen LogP) is 7.10. The van der Waals surface area contributed by atoms with E-state index in [4.69, 9.17) is 4.74 Å². The fourth-order valence-corrected chi connectivity index (χ4v) is 3.45. The molecule has 0 atom stereocenters. The third kappa shape index (κ3) is 6.30. The third-order valence-electron chi connectivity index (χ3n) is 4.05. The highest BCUT2D eigenvalue weighted by molar-refractivity contribution is 9.11. The zero-order valence-corrected chi connectivity index (χ0v) is 20.3. The summed E-state index contributed by atoms with van der Waals surface area (Å²) in [5.74, 6) is 0.0870. The maximum absolute atomic E-state index is 12.6. The van der Waals surface area contributed by atoms with Crippen LogP contribution in [0.4, 0.5) is 5.69 Å². The maximum Gasteiger partial charge on any atom is 0.266 e. The summed E-state index contributed by atoms with van der Waals surface area (Å²) in [7, 11) is 0. The Morgan fingerprint density at radius 1 is 0.933 bits per heavy atom. The molecule has 7 heteroatoms. The maximum atomic E-state index is 12.6. The summed E-state index contributed by atoms with van der Waals surface area (Å²) in [5.41, 5.74) is 2.21. The molecule has 1 N–H and O–H groups in total. The van der Waals surface area contributed by atoms with Crippen LogP contribution in [0.15, 0.2) is 85.7 Å². The molecule has 0 heterocycles. The highest BCUT2D eigenvalue weighted by Gasteiger charge is 2.12. The van der Waals surface area contributed by atoms with Crippen LogP contribution in [0.25, 0.3) is 6.08 Å². The van der Waals surface area contributed by atoms with Gasteiger partial charge in [0.25, 0.3) is 5.91 Å². The van der Waals surface area contributed by atoms with Crippen molar-refractivity contribution in [2.24, 2.45) is 0 Å². The average molecular weight is 591 g/mol. The van der Waals surface area contributed by atoms with E-state index in [9.17, 15) is 10.1 Å². The molecule has 0 aliphatic carbocycles. The molecule has 3 rings (SSSR count). The minimum absolute atomic E-state index is 0.0236. The van der Waals surface area contributed by atoms with Gasteiger partial charge in [0.05, 0.1) is 0 Å². The quantitative estimate of drug-likeness (QED) is 0.246. The Labute approximate surface area is 200 Å². The molecule has 0 saturated heterocycles. The molecule has 4 nitrogen and oxygen atoms in total. The van der Waals surface area contributed by atoms with Crippen molar-refractivity contribution in [3.8, 4) is 11.8 Å². The lowest BCUT2D eigenvalue weighted by atomic mass is 10.1. The second-order valence-electron chi connectivity index (χ2n) is 6.23. The largest absolute Gasteiger partial charge is 0.488 e. The Morgan fingerprint density at radius 2 is 1.53 bits per heavy atom. The van der Waals surface area contributed by atoms with Crippen LogP contribution in [-0.2, 0) is 11.4 Å². The Morgan fingerprint density at radius 3 is 2.17 bits per heavy atom. The minimum Gasteiger partial charge on any atom is -0.488 e. The molecule has 0 saturated carbocycles. The summed E-state index contributed by atoms with van der Waals surface area (Å²) in [6.45, 7) is 0.364. The van der Waals surface area contributed by atoms with Crippen molar-refractivity contribution in [3.63, 3.8) is 0 Å². The second kappa shape index (κ2) is 10.6. The molecular formula is C23H15Br3N2O2. The van der Waals surface area contributed by atoms with E-state index < -0.39 is 5.91 Å². The summed E-state index contributed by atoms with van der Waals surface area (Å²) >= 11 is 10.2. The Balaban J connectivity index is 1.81. The van der Waals surface area contributed by atoms with E-state index in [1.807, 2.05) is 48.5 Å².